The molecule has 0 unspecified atom stereocenters. The van der Waals surface area contributed by atoms with Crippen LogP contribution in [0, 0.1) is 0 Å². The molecule has 0 radical (unpaired) electrons. The third-order valence-corrected chi connectivity index (χ3v) is 5.19. The number of nitrogens with one attached hydrogen (secondary N) is 2. The van der Waals surface area contributed by atoms with E-state index >= 15 is 0 Å². The van der Waals surface area contributed by atoms with Crippen molar-refractivity contribution in [1.82, 2.24) is 15.5 Å². The fourth-order valence-electron chi connectivity index (χ4n) is 3.46. The first kappa shape index (κ1) is 21.7. The lowest BCUT2D eigenvalue weighted by Crippen LogP contribution is -2.37. The van der Waals surface area contributed by atoms with Crippen molar-refractivity contribution in [2.24, 2.45) is 0 Å². The Hall–Kier alpha value is -3.02. The van der Waals surface area contributed by atoms with Gasteiger partial charge in [-0.2, -0.15) is 0 Å². The normalized spacial score (nSPS) is 13.6. The number of carbonyl (C=O) groups is 2. The van der Waals surface area contributed by atoms with Crippen molar-refractivity contribution in [1.29, 1.82) is 0 Å². The van der Waals surface area contributed by atoms with Crippen molar-refractivity contribution in [2.75, 3.05) is 19.7 Å². The molecule has 0 saturated carbocycles. The van der Waals surface area contributed by atoms with Crippen LogP contribution in [0.4, 0.5) is 4.79 Å². The minimum atomic E-state index is -0.228. The maximum absolute atomic E-state index is 12.0. The second kappa shape index (κ2) is 10.7. The highest BCUT2D eigenvalue weighted by Crippen LogP contribution is 2.18. The second-order valence-electron chi connectivity index (χ2n) is 7.92. The number of carbonyl (C=O) groups excluding carboxylic acids is 2. The van der Waals surface area contributed by atoms with Gasteiger partial charge in [-0.15, -0.1) is 0 Å². The lowest BCUT2D eigenvalue weighted by atomic mass is 10.0. The van der Waals surface area contributed by atoms with E-state index in [9.17, 15) is 9.59 Å². The molecule has 0 spiro atoms. The highest BCUT2D eigenvalue weighted by molar-refractivity contribution is 5.78. The van der Waals surface area contributed by atoms with Gasteiger partial charge in [0.05, 0.1) is 6.54 Å². The van der Waals surface area contributed by atoms with E-state index in [0.29, 0.717) is 38.6 Å². The van der Waals surface area contributed by atoms with Crippen LogP contribution in [-0.4, -0.2) is 36.5 Å². The fraction of sp³-hybridized carbons (Fsp3) is 0.417. The van der Waals surface area contributed by atoms with Crippen LogP contribution in [0.25, 0.3) is 0 Å². The summed E-state index contributed by atoms with van der Waals surface area (Å²) in [7, 11) is 0. The van der Waals surface area contributed by atoms with Gasteiger partial charge in [0.2, 0.25) is 5.91 Å². The molecule has 6 heteroatoms. The average molecular weight is 410 g/mol. The Morgan fingerprint density at radius 1 is 1.10 bits per heavy atom. The van der Waals surface area contributed by atoms with Crippen LogP contribution < -0.4 is 15.4 Å². The molecule has 3 rings (SSSR count). The number of hydrogen-bond donors (Lipinski definition) is 2. The van der Waals surface area contributed by atoms with Crippen molar-refractivity contribution in [3.63, 3.8) is 0 Å². The van der Waals surface area contributed by atoms with Gasteiger partial charge in [0, 0.05) is 26.1 Å². The third kappa shape index (κ3) is 6.51. The van der Waals surface area contributed by atoms with Crippen LogP contribution in [0.3, 0.4) is 0 Å². The Balaban J connectivity index is 1.35. The van der Waals surface area contributed by atoms with Crippen molar-refractivity contribution < 1.29 is 14.3 Å². The third-order valence-electron chi connectivity index (χ3n) is 5.19. The van der Waals surface area contributed by atoms with Crippen molar-refractivity contribution in [3.05, 3.63) is 65.2 Å². The molecule has 3 amide bonds. The number of nitrogens with zero attached hydrogens (tertiary/aromatic N) is 1. The molecule has 6 nitrogen and oxygen atoms in total. The molecule has 160 valence electrons. The molecule has 0 aliphatic carbocycles. The molecule has 1 aliphatic rings. The molecule has 30 heavy (non-hydrogen) atoms. The van der Waals surface area contributed by atoms with Gasteiger partial charge in [0.25, 0.3) is 0 Å². The molecule has 0 aromatic heterocycles. The fourth-order valence-corrected chi connectivity index (χ4v) is 3.46. The molecule has 0 atom stereocenters. The second-order valence-corrected chi connectivity index (χ2v) is 7.92. The monoisotopic (exact) mass is 409 g/mol. The Kier molecular flexibility index (Phi) is 7.71. The first-order chi connectivity index (χ1) is 14.5. The molecule has 2 N–H and O–H groups in total. The van der Waals surface area contributed by atoms with E-state index in [0.717, 1.165) is 29.8 Å². The molecular weight excluding hydrogens is 378 g/mol. The topological polar surface area (TPSA) is 70.7 Å². The average Bonchev–Trinajstić information content (AvgIpc) is 3.14. The lowest BCUT2D eigenvalue weighted by Gasteiger charge is -2.16. The Bertz CT molecular complexity index is 849. The number of rotatable bonds is 9. The molecule has 1 aliphatic heterocycles. The van der Waals surface area contributed by atoms with Crippen molar-refractivity contribution in [3.8, 4) is 5.75 Å². The zero-order valence-electron chi connectivity index (χ0n) is 17.8. The minimum absolute atomic E-state index is 0.219. The van der Waals surface area contributed by atoms with Crippen LogP contribution in [-0.2, 0) is 17.9 Å². The zero-order chi connectivity index (χ0) is 21.3. The largest absolute Gasteiger partial charge is 0.492 e. The number of likely N-dealkylation sites (tertiary alicyclic amines) is 1. The van der Waals surface area contributed by atoms with Gasteiger partial charge in [-0.25, -0.2) is 4.79 Å². The van der Waals surface area contributed by atoms with Gasteiger partial charge in [-0.1, -0.05) is 50.2 Å². The Morgan fingerprint density at radius 2 is 1.87 bits per heavy atom. The SMILES string of the molecule is CC(C)c1ccc(OCCNC(=O)NCc2cccc(CN3CCCC3=O)c2)cc1. The summed E-state index contributed by atoms with van der Waals surface area (Å²) in [6.07, 6.45) is 1.58. The first-order valence-electron chi connectivity index (χ1n) is 10.6. The number of hydrogen-bond acceptors (Lipinski definition) is 3. The summed E-state index contributed by atoms with van der Waals surface area (Å²) >= 11 is 0. The molecule has 1 fully saturated rings. The number of ether oxygens (including phenoxy) is 1. The summed E-state index contributed by atoms with van der Waals surface area (Å²) in [6, 6.07) is 15.8. The maximum atomic E-state index is 12.0. The molecule has 0 bridgehead atoms. The highest BCUT2D eigenvalue weighted by Gasteiger charge is 2.19. The van der Waals surface area contributed by atoms with Crippen molar-refractivity contribution >= 4 is 11.9 Å². The maximum Gasteiger partial charge on any atom is 0.315 e. The van der Waals surface area contributed by atoms with Gasteiger partial charge < -0.3 is 20.3 Å². The van der Waals surface area contributed by atoms with E-state index in [1.165, 1.54) is 5.56 Å². The van der Waals surface area contributed by atoms with Crippen LogP contribution >= 0.6 is 0 Å². The molecule has 1 heterocycles. The van der Waals surface area contributed by atoms with E-state index < -0.39 is 0 Å². The summed E-state index contributed by atoms with van der Waals surface area (Å²) in [5.41, 5.74) is 3.37. The standard InChI is InChI=1S/C24H31N3O3/c1-18(2)21-8-10-22(11-9-21)30-14-12-25-24(29)26-16-19-5-3-6-20(15-19)17-27-13-4-7-23(27)28/h3,5-6,8-11,15,18H,4,7,12-14,16-17H2,1-2H3,(H2,25,26,29). The lowest BCUT2D eigenvalue weighted by molar-refractivity contribution is -0.128. The van der Waals surface area contributed by atoms with E-state index in [1.807, 2.05) is 41.3 Å². The van der Waals surface area contributed by atoms with Crippen LogP contribution in [0.1, 0.15) is 49.3 Å². The van der Waals surface area contributed by atoms with Gasteiger partial charge in [0.15, 0.2) is 0 Å². The first-order valence-corrected chi connectivity index (χ1v) is 10.6. The number of urea groups is 1. The summed E-state index contributed by atoms with van der Waals surface area (Å²) in [6.45, 7) is 7.04. The van der Waals surface area contributed by atoms with Gasteiger partial charge in [-0.3, -0.25) is 4.79 Å². The smallest absolute Gasteiger partial charge is 0.315 e. The number of benzene rings is 2. The number of amides is 3. The van der Waals surface area contributed by atoms with Crippen LogP contribution in [0.2, 0.25) is 0 Å². The molecule has 2 aromatic carbocycles. The van der Waals surface area contributed by atoms with E-state index in [4.69, 9.17) is 4.74 Å². The zero-order valence-corrected chi connectivity index (χ0v) is 17.8. The van der Waals surface area contributed by atoms with E-state index in [2.05, 4.69) is 36.6 Å². The quantitative estimate of drug-likeness (QED) is 0.619. The highest BCUT2D eigenvalue weighted by atomic mass is 16.5. The summed E-state index contributed by atoms with van der Waals surface area (Å²) in [4.78, 5) is 25.7. The minimum Gasteiger partial charge on any atom is -0.492 e. The Morgan fingerprint density at radius 3 is 2.57 bits per heavy atom. The predicted molar refractivity (Wildman–Crippen MR) is 117 cm³/mol. The van der Waals surface area contributed by atoms with Gasteiger partial charge in [-0.05, 0) is 41.2 Å². The predicted octanol–water partition coefficient (Wildman–Crippen LogP) is 3.81. The van der Waals surface area contributed by atoms with Crippen molar-refractivity contribution in [2.45, 2.75) is 45.7 Å². The van der Waals surface area contributed by atoms with Crippen LogP contribution in [0.5, 0.6) is 5.75 Å². The van der Waals surface area contributed by atoms with Crippen LogP contribution in [0.15, 0.2) is 48.5 Å². The van der Waals surface area contributed by atoms with Gasteiger partial charge in [0.1, 0.15) is 12.4 Å². The summed E-state index contributed by atoms with van der Waals surface area (Å²) in [5.74, 6) is 1.51. The summed E-state index contributed by atoms with van der Waals surface area (Å²) in [5, 5.41) is 5.67. The Labute approximate surface area is 178 Å². The molecule has 1 saturated heterocycles. The molecular formula is C24H31N3O3. The summed E-state index contributed by atoms with van der Waals surface area (Å²) < 4.78 is 5.67. The molecule has 2 aromatic rings. The van der Waals surface area contributed by atoms with E-state index in [-0.39, 0.29) is 11.9 Å². The van der Waals surface area contributed by atoms with Gasteiger partial charge >= 0.3 is 6.03 Å². The van der Waals surface area contributed by atoms with E-state index in [1.54, 1.807) is 0 Å².